The molecule has 15 heavy (non-hydrogen) atoms. The van der Waals surface area contributed by atoms with Crippen LogP contribution < -0.4 is 5.32 Å². The van der Waals surface area contributed by atoms with Gasteiger partial charge in [-0.1, -0.05) is 25.4 Å². The van der Waals surface area contributed by atoms with E-state index in [9.17, 15) is 0 Å². The van der Waals surface area contributed by atoms with Crippen molar-refractivity contribution in [2.75, 3.05) is 18.5 Å². The molecule has 0 bridgehead atoms. The van der Waals surface area contributed by atoms with Gasteiger partial charge in [-0.15, -0.1) is 0 Å². The highest BCUT2D eigenvalue weighted by Crippen LogP contribution is 2.16. The van der Waals surface area contributed by atoms with Crippen LogP contribution in [0.3, 0.4) is 0 Å². The molecule has 1 aromatic rings. The first-order valence-corrected chi connectivity index (χ1v) is 5.40. The lowest BCUT2D eigenvalue weighted by molar-refractivity contribution is 0.292. The third kappa shape index (κ3) is 4.01. The summed E-state index contributed by atoms with van der Waals surface area (Å²) in [6.45, 7) is 4.89. The molecule has 1 heterocycles. The van der Waals surface area contributed by atoms with E-state index in [-0.39, 0.29) is 12.5 Å². The Morgan fingerprint density at radius 1 is 1.47 bits per heavy atom. The van der Waals surface area contributed by atoms with Crippen molar-refractivity contribution >= 4 is 17.4 Å². The fourth-order valence-corrected chi connectivity index (χ4v) is 1.27. The molecule has 4 nitrogen and oxygen atoms in total. The van der Waals surface area contributed by atoms with Crippen LogP contribution in [0.5, 0.6) is 0 Å². The van der Waals surface area contributed by atoms with Gasteiger partial charge >= 0.3 is 0 Å². The minimum Gasteiger partial charge on any atom is -0.396 e. The third-order valence-electron chi connectivity index (χ3n) is 1.87. The fourth-order valence-electron chi connectivity index (χ4n) is 1.08. The highest BCUT2D eigenvalue weighted by atomic mass is 35.5. The molecule has 1 rings (SSSR count). The van der Waals surface area contributed by atoms with E-state index in [4.69, 9.17) is 16.7 Å². The topological polar surface area (TPSA) is 58.0 Å². The van der Waals surface area contributed by atoms with Crippen molar-refractivity contribution in [1.82, 2.24) is 9.97 Å². The maximum Gasteiger partial charge on any atom is 0.135 e. The van der Waals surface area contributed by atoms with E-state index < -0.39 is 0 Å². The number of hydrogen-bond acceptors (Lipinski definition) is 4. The first kappa shape index (κ1) is 12.2. The fraction of sp³-hybridized carbons (Fsp3) is 0.600. The van der Waals surface area contributed by atoms with E-state index in [0.29, 0.717) is 23.9 Å². The Morgan fingerprint density at radius 2 is 2.20 bits per heavy atom. The van der Waals surface area contributed by atoms with Gasteiger partial charge in [0.25, 0.3) is 0 Å². The molecule has 0 saturated heterocycles. The summed E-state index contributed by atoms with van der Waals surface area (Å²) in [4.78, 5) is 8.44. The summed E-state index contributed by atoms with van der Waals surface area (Å²) in [5.41, 5.74) is 0. The summed E-state index contributed by atoms with van der Waals surface area (Å²) in [6.07, 6.45) is 0.693. The molecule has 0 radical (unpaired) electrons. The zero-order valence-corrected chi connectivity index (χ0v) is 9.75. The maximum absolute atomic E-state index is 8.64. The van der Waals surface area contributed by atoms with Crippen LogP contribution >= 0.6 is 11.6 Å². The largest absolute Gasteiger partial charge is 0.396 e. The summed E-state index contributed by atoms with van der Waals surface area (Å²) in [7, 11) is 0. The lowest BCUT2D eigenvalue weighted by Crippen LogP contribution is -2.07. The first-order chi connectivity index (χ1) is 7.13. The molecule has 2 N–H and O–H groups in total. The molecule has 0 fully saturated rings. The SMILES string of the molecule is CC(C)c1nc(Cl)cc(NCCCO)n1. The van der Waals surface area contributed by atoms with Crippen LogP contribution in [0.25, 0.3) is 0 Å². The number of aromatic nitrogens is 2. The molecule has 0 amide bonds. The van der Waals surface area contributed by atoms with E-state index in [0.717, 1.165) is 5.82 Å². The second-order valence-corrected chi connectivity index (χ2v) is 3.98. The lowest BCUT2D eigenvalue weighted by Gasteiger charge is -2.08. The maximum atomic E-state index is 8.64. The van der Waals surface area contributed by atoms with E-state index >= 15 is 0 Å². The van der Waals surface area contributed by atoms with Crippen LogP contribution in [0.15, 0.2) is 6.07 Å². The Labute approximate surface area is 94.7 Å². The number of anilines is 1. The Hall–Kier alpha value is -0.870. The number of nitrogens with zero attached hydrogens (tertiary/aromatic N) is 2. The summed E-state index contributed by atoms with van der Waals surface area (Å²) >= 11 is 5.87. The number of hydrogen-bond donors (Lipinski definition) is 2. The molecule has 0 saturated carbocycles. The van der Waals surface area contributed by atoms with Gasteiger partial charge in [0.05, 0.1) is 0 Å². The van der Waals surface area contributed by atoms with E-state index in [2.05, 4.69) is 15.3 Å². The first-order valence-electron chi connectivity index (χ1n) is 5.02. The van der Waals surface area contributed by atoms with Crippen molar-refractivity contribution in [2.24, 2.45) is 0 Å². The van der Waals surface area contributed by atoms with E-state index in [1.54, 1.807) is 6.07 Å². The quantitative estimate of drug-likeness (QED) is 0.599. The minimum absolute atomic E-state index is 0.169. The summed E-state index contributed by atoms with van der Waals surface area (Å²) < 4.78 is 0. The molecule has 0 spiro atoms. The normalized spacial score (nSPS) is 10.7. The van der Waals surface area contributed by atoms with Crippen molar-refractivity contribution in [3.63, 3.8) is 0 Å². The minimum atomic E-state index is 0.169. The van der Waals surface area contributed by atoms with Crippen LogP contribution in [0.2, 0.25) is 5.15 Å². The summed E-state index contributed by atoms with van der Waals surface area (Å²) in [5, 5.41) is 12.2. The standard InChI is InChI=1S/C10H16ClN3O/c1-7(2)10-13-8(11)6-9(14-10)12-4-3-5-15/h6-7,15H,3-5H2,1-2H3,(H,12,13,14). The number of aliphatic hydroxyl groups is 1. The van der Waals surface area contributed by atoms with Gasteiger partial charge in [0.1, 0.15) is 16.8 Å². The number of nitrogens with one attached hydrogen (secondary N) is 1. The van der Waals surface area contributed by atoms with E-state index in [1.165, 1.54) is 0 Å². The third-order valence-corrected chi connectivity index (χ3v) is 2.06. The van der Waals surface area contributed by atoms with Crippen LogP contribution in [-0.4, -0.2) is 28.2 Å². The molecule has 0 aliphatic rings. The van der Waals surface area contributed by atoms with Gasteiger partial charge in [-0.05, 0) is 6.42 Å². The molecule has 84 valence electrons. The van der Waals surface area contributed by atoms with Gasteiger partial charge in [0.2, 0.25) is 0 Å². The van der Waals surface area contributed by atoms with E-state index in [1.807, 2.05) is 13.8 Å². The molecule has 0 unspecified atom stereocenters. The second kappa shape index (κ2) is 5.88. The number of rotatable bonds is 5. The van der Waals surface area contributed by atoms with Gasteiger partial charge in [0, 0.05) is 25.1 Å². The predicted octanol–water partition coefficient (Wildman–Crippen LogP) is 2.05. The van der Waals surface area contributed by atoms with Gasteiger partial charge in [-0.2, -0.15) is 0 Å². The molecular weight excluding hydrogens is 214 g/mol. The van der Waals surface area contributed by atoms with Crippen molar-refractivity contribution in [3.05, 3.63) is 17.0 Å². The Balaban J connectivity index is 2.71. The Morgan fingerprint density at radius 3 is 2.80 bits per heavy atom. The predicted molar refractivity (Wildman–Crippen MR) is 61.3 cm³/mol. The molecule has 0 aromatic carbocycles. The zero-order valence-electron chi connectivity index (χ0n) is 9.00. The molecule has 0 aliphatic carbocycles. The zero-order chi connectivity index (χ0) is 11.3. The Bertz CT molecular complexity index is 318. The average Bonchev–Trinajstić information content (AvgIpc) is 2.17. The molecule has 1 aromatic heterocycles. The van der Waals surface area contributed by atoms with Crippen LogP contribution in [0.4, 0.5) is 5.82 Å². The highest BCUT2D eigenvalue weighted by molar-refractivity contribution is 6.29. The van der Waals surface area contributed by atoms with Crippen molar-refractivity contribution in [1.29, 1.82) is 0 Å². The van der Waals surface area contributed by atoms with Gasteiger partial charge < -0.3 is 10.4 Å². The second-order valence-electron chi connectivity index (χ2n) is 3.59. The molecule has 0 atom stereocenters. The lowest BCUT2D eigenvalue weighted by atomic mass is 10.2. The molecule has 5 heteroatoms. The van der Waals surface area contributed by atoms with Gasteiger partial charge in [-0.3, -0.25) is 0 Å². The number of halogens is 1. The molecular formula is C10H16ClN3O. The smallest absolute Gasteiger partial charge is 0.135 e. The van der Waals surface area contributed by atoms with Crippen LogP contribution in [0.1, 0.15) is 32.0 Å². The number of aliphatic hydroxyl groups excluding tert-OH is 1. The molecule has 0 aliphatic heterocycles. The Kier molecular flexibility index (Phi) is 4.78. The summed E-state index contributed by atoms with van der Waals surface area (Å²) in [6, 6.07) is 1.69. The monoisotopic (exact) mass is 229 g/mol. The van der Waals surface area contributed by atoms with Crippen molar-refractivity contribution in [2.45, 2.75) is 26.2 Å². The van der Waals surface area contributed by atoms with Crippen molar-refractivity contribution in [3.8, 4) is 0 Å². The summed E-state index contributed by atoms with van der Waals surface area (Å²) in [5.74, 6) is 1.70. The van der Waals surface area contributed by atoms with Crippen molar-refractivity contribution < 1.29 is 5.11 Å². The van der Waals surface area contributed by atoms with Crippen LogP contribution in [-0.2, 0) is 0 Å². The van der Waals surface area contributed by atoms with Crippen LogP contribution in [0, 0.1) is 0 Å². The average molecular weight is 230 g/mol. The van der Waals surface area contributed by atoms with Gasteiger partial charge in [-0.25, -0.2) is 9.97 Å². The highest BCUT2D eigenvalue weighted by Gasteiger charge is 2.06. The van der Waals surface area contributed by atoms with Gasteiger partial charge in [0.15, 0.2) is 0 Å².